The summed E-state index contributed by atoms with van der Waals surface area (Å²) in [7, 11) is 0. The molecule has 1 atom stereocenters. The first-order valence-electron chi connectivity index (χ1n) is 7.39. The molecule has 102 valence electrons. The van der Waals surface area contributed by atoms with Crippen LogP contribution in [0.2, 0.25) is 0 Å². The molecule has 1 aliphatic rings. The van der Waals surface area contributed by atoms with E-state index in [0.29, 0.717) is 11.5 Å². The molecule has 1 nitrogen and oxygen atoms in total. The van der Waals surface area contributed by atoms with Crippen molar-refractivity contribution in [3.8, 4) is 0 Å². The van der Waals surface area contributed by atoms with Crippen LogP contribution < -0.4 is 5.32 Å². The number of hydrogen-bond donors (Lipinski definition) is 1. The van der Waals surface area contributed by atoms with E-state index in [1.807, 2.05) is 0 Å². The van der Waals surface area contributed by atoms with Crippen LogP contribution >= 0.6 is 11.8 Å². The Kier molecular flexibility index (Phi) is 6.94. The van der Waals surface area contributed by atoms with Crippen LogP contribution in [0.25, 0.3) is 0 Å². The lowest BCUT2D eigenvalue weighted by molar-refractivity contribution is 0.291. The van der Waals surface area contributed by atoms with Gasteiger partial charge in [0.25, 0.3) is 0 Å². The van der Waals surface area contributed by atoms with E-state index in [9.17, 15) is 0 Å². The summed E-state index contributed by atoms with van der Waals surface area (Å²) in [4.78, 5) is 0. The molecule has 0 aromatic rings. The Morgan fingerprint density at radius 1 is 1.18 bits per heavy atom. The minimum atomic E-state index is 0.386. The van der Waals surface area contributed by atoms with Crippen LogP contribution in [-0.4, -0.2) is 23.6 Å². The fourth-order valence-electron chi connectivity index (χ4n) is 2.40. The molecule has 1 aliphatic carbocycles. The Morgan fingerprint density at radius 3 is 2.35 bits per heavy atom. The van der Waals surface area contributed by atoms with Gasteiger partial charge < -0.3 is 5.32 Å². The van der Waals surface area contributed by atoms with E-state index >= 15 is 0 Å². The molecule has 0 spiro atoms. The van der Waals surface area contributed by atoms with Crippen LogP contribution in [0.15, 0.2) is 0 Å². The molecular weight excluding hydrogens is 226 g/mol. The standard InChI is InChI=1S/C15H31NS/c1-5-11-16-14(15(2,3)4)12-17-13-9-7-6-8-10-13/h13-14,16H,5-12H2,1-4H3. The van der Waals surface area contributed by atoms with Crippen molar-refractivity contribution in [2.45, 2.75) is 77.5 Å². The van der Waals surface area contributed by atoms with Gasteiger partial charge in [-0.3, -0.25) is 0 Å². The average molecular weight is 257 g/mol. The van der Waals surface area contributed by atoms with Crippen LogP contribution in [0.4, 0.5) is 0 Å². The minimum absolute atomic E-state index is 0.386. The van der Waals surface area contributed by atoms with Crippen molar-refractivity contribution in [1.29, 1.82) is 0 Å². The van der Waals surface area contributed by atoms with Crippen LogP contribution in [0.1, 0.15) is 66.2 Å². The van der Waals surface area contributed by atoms with Crippen molar-refractivity contribution < 1.29 is 0 Å². The van der Waals surface area contributed by atoms with E-state index in [-0.39, 0.29) is 0 Å². The van der Waals surface area contributed by atoms with Gasteiger partial charge in [0.1, 0.15) is 0 Å². The smallest absolute Gasteiger partial charge is 0.0206 e. The van der Waals surface area contributed by atoms with Crippen LogP contribution in [0.3, 0.4) is 0 Å². The van der Waals surface area contributed by atoms with Gasteiger partial charge in [-0.1, -0.05) is 47.0 Å². The Balaban J connectivity index is 2.31. The highest BCUT2D eigenvalue weighted by Gasteiger charge is 2.25. The van der Waals surface area contributed by atoms with Crippen molar-refractivity contribution >= 4 is 11.8 Å². The highest BCUT2D eigenvalue weighted by molar-refractivity contribution is 7.99. The molecule has 1 rings (SSSR count). The molecular formula is C15H31NS. The van der Waals surface area contributed by atoms with E-state index in [2.05, 4.69) is 44.8 Å². The largest absolute Gasteiger partial charge is 0.313 e. The summed E-state index contributed by atoms with van der Waals surface area (Å²) in [6, 6.07) is 0.661. The fraction of sp³-hybridized carbons (Fsp3) is 1.00. The van der Waals surface area contributed by atoms with Gasteiger partial charge >= 0.3 is 0 Å². The molecule has 0 aromatic heterocycles. The topological polar surface area (TPSA) is 12.0 Å². The maximum absolute atomic E-state index is 3.73. The van der Waals surface area contributed by atoms with E-state index in [1.165, 1.54) is 44.3 Å². The third kappa shape index (κ3) is 6.15. The zero-order valence-corrected chi connectivity index (χ0v) is 13.0. The van der Waals surface area contributed by atoms with Gasteiger partial charge in [0, 0.05) is 17.0 Å². The molecule has 1 N–H and O–H groups in total. The number of thioether (sulfide) groups is 1. The summed E-state index contributed by atoms with van der Waals surface area (Å²) in [5.74, 6) is 1.29. The quantitative estimate of drug-likeness (QED) is 0.753. The molecule has 0 bridgehead atoms. The van der Waals surface area contributed by atoms with Crippen LogP contribution in [0.5, 0.6) is 0 Å². The van der Waals surface area contributed by atoms with Crippen LogP contribution in [-0.2, 0) is 0 Å². The van der Waals surface area contributed by atoms with Gasteiger partial charge in [-0.05, 0) is 31.2 Å². The average Bonchev–Trinajstić information content (AvgIpc) is 2.29. The predicted octanol–water partition coefficient (Wildman–Crippen LogP) is 4.47. The zero-order valence-electron chi connectivity index (χ0n) is 12.2. The SMILES string of the molecule is CCCNC(CSC1CCCCC1)C(C)(C)C. The Labute approximate surface area is 113 Å². The molecule has 0 aromatic carbocycles. The number of rotatable bonds is 6. The van der Waals surface area contributed by atoms with Gasteiger partial charge in [0.2, 0.25) is 0 Å². The first-order valence-corrected chi connectivity index (χ1v) is 8.44. The lowest BCUT2D eigenvalue weighted by Gasteiger charge is -2.33. The van der Waals surface area contributed by atoms with Gasteiger partial charge in [0.15, 0.2) is 0 Å². The van der Waals surface area contributed by atoms with Crippen molar-refractivity contribution in [2.24, 2.45) is 5.41 Å². The molecule has 1 unspecified atom stereocenters. The lowest BCUT2D eigenvalue weighted by atomic mass is 9.88. The Bertz CT molecular complexity index is 192. The normalized spacial score (nSPS) is 20.5. The third-order valence-electron chi connectivity index (χ3n) is 3.74. The highest BCUT2D eigenvalue weighted by atomic mass is 32.2. The molecule has 0 radical (unpaired) electrons. The predicted molar refractivity (Wildman–Crippen MR) is 80.9 cm³/mol. The second-order valence-electron chi connectivity index (χ2n) is 6.47. The molecule has 0 saturated heterocycles. The number of hydrogen-bond acceptors (Lipinski definition) is 2. The summed E-state index contributed by atoms with van der Waals surface area (Å²) in [6.45, 7) is 10.5. The molecule has 17 heavy (non-hydrogen) atoms. The molecule has 1 fully saturated rings. The van der Waals surface area contributed by atoms with Gasteiger partial charge in [-0.15, -0.1) is 0 Å². The Morgan fingerprint density at radius 2 is 1.82 bits per heavy atom. The minimum Gasteiger partial charge on any atom is -0.313 e. The maximum atomic E-state index is 3.73. The fourth-order valence-corrected chi connectivity index (χ4v) is 4.15. The first-order chi connectivity index (χ1) is 8.04. The van der Waals surface area contributed by atoms with Crippen molar-refractivity contribution in [2.75, 3.05) is 12.3 Å². The third-order valence-corrected chi connectivity index (χ3v) is 5.21. The first kappa shape index (κ1) is 15.4. The summed E-state index contributed by atoms with van der Waals surface area (Å²) >= 11 is 2.22. The molecule has 0 aliphatic heterocycles. The zero-order chi connectivity index (χ0) is 12.7. The van der Waals surface area contributed by atoms with Crippen molar-refractivity contribution in [3.63, 3.8) is 0 Å². The van der Waals surface area contributed by atoms with Gasteiger partial charge in [-0.2, -0.15) is 11.8 Å². The molecule has 1 saturated carbocycles. The van der Waals surface area contributed by atoms with Crippen LogP contribution in [0, 0.1) is 5.41 Å². The summed E-state index contributed by atoms with van der Waals surface area (Å²) in [6.07, 6.45) is 8.53. The van der Waals surface area contributed by atoms with E-state index in [0.717, 1.165) is 11.8 Å². The summed E-state index contributed by atoms with van der Waals surface area (Å²) < 4.78 is 0. The molecule has 0 heterocycles. The molecule has 2 heteroatoms. The highest BCUT2D eigenvalue weighted by Crippen LogP contribution is 2.31. The maximum Gasteiger partial charge on any atom is 0.0206 e. The van der Waals surface area contributed by atoms with E-state index < -0.39 is 0 Å². The van der Waals surface area contributed by atoms with E-state index in [1.54, 1.807) is 0 Å². The van der Waals surface area contributed by atoms with Crippen molar-refractivity contribution in [1.82, 2.24) is 5.32 Å². The van der Waals surface area contributed by atoms with E-state index in [4.69, 9.17) is 0 Å². The monoisotopic (exact) mass is 257 g/mol. The summed E-state index contributed by atoms with van der Waals surface area (Å²) in [5, 5.41) is 4.67. The second-order valence-corrected chi connectivity index (χ2v) is 7.80. The molecule has 0 amide bonds. The number of nitrogens with one attached hydrogen (secondary N) is 1. The summed E-state index contributed by atoms with van der Waals surface area (Å²) in [5.41, 5.74) is 0.386. The van der Waals surface area contributed by atoms with Gasteiger partial charge in [-0.25, -0.2) is 0 Å². The van der Waals surface area contributed by atoms with Crippen molar-refractivity contribution in [3.05, 3.63) is 0 Å². The second kappa shape index (κ2) is 7.68. The lowest BCUT2D eigenvalue weighted by Crippen LogP contribution is -2.43. The Hall–Kier alpha value is 0.310. The van der Waals surface area contributed by atoms with Gasteiger partial charge in [0.05, 0.1) is 0 Å².